The Hall–Kier alpha value is -0.900. The number of aryl methyl sites for hydroxylation is 1. The fraction of sp³-hybridized carbons (Fsp3) is 0.812. The van der Waals surface area contributed by atoms with Gasteiger partial charge in [0.05, 0.1) is 0 Å². The molecule has 7 nitrogen and oxygen atoms in total. The smallest absolute Gasteiger partial charge is 0.190 e. The molecule has 0 atom stereocenters. The lowest BCUT2D eigenvalue weighted by Gasteiger charge is -2.12. The summed E-state index contributed by atoms with van der Waals surface area (Å²) in [6.07, 6.45) is 6.66. The van der Waals surface area contributed by atoms with Gasteiger partial charge in [0.15, 0.2) is 5.96 Å². The zero-order valence-corrected chi connectivity index (χ0v) is 17.2. The molecule has 0 fully saturated rings. The van der Waals surface area contributed by atoms with Gasteiger partial charge in [-0.25, -0.2) is 0 Å². The van der Waals surface area contributed by atoms with E-state index < -0.39 is 0 Å². The zero-order chi connectivity index (χ0) is 16.3. The summed E-state index contributed by atoms with van der Waals surface area (Å²) in [5.41, 5.74) is 0. The van der Waals surface area contributed by atoms with Gasteiger partial charge in [0, 0.05) is 52.7 Å². The minimum atomic E-state index is 0. The summed E-state index contributed by atoms with van der Waals surface area (Å²) in [5.74, 6) is 3.06. The molecule has 138 valence electrons. The van der Waals surface area contributed by atoms with E-state index in [1.807, 2.05) is 6.92 Å². The van der Waals surface area contributed by atoms with Crippen molar-refractivity contribution in [3.8, 4) is 0 Å². The Balaban J connectivity index is 0.00000288. The molecule has 2 heterocycles. The van der Waals surface area contributed by atoms with Gasteiger partial charge in [-0.2, -0.15) is 0 Å². The van der Waals surface area contributed by atoms with E-state index in [0.717, 1.165) is 69.7 Å². The van der Waals surface area contributed by atoms with Crippen molar-refractivity contribution in [1.82, 2.24) is 25.4 Å². The lowest BCUT2D eigenvalue weighted by molar-refractivity contribution is 0.145. The summed E-state index contributed by atoms with van der Waals surface area (Å²) in [4.78, 5) is 4.24. The number of hydrogen-bond acceptors (Lipinski definition) is 4. The molecule has 2 rings (SSSR count). The van der Waals surface area contributed by atoms with Crippen molar-refractivity contribution in [3.63, 3.8) is 0 Å². The normalized spacial score (nSPS) is 14.5. The van der Waals surface area contributed by atoms with Crippen molar-refractivity contribution in [3.05, 3.63) is 11.6 Å². The summed E-state index contributed by atoms with van der Waals surface area (Å²) >= 11 is 0. The van der Waals surface area contributed by atoms with Crippen LogP contribution in [0, 0.1) is 0 Å². The van der Waals surface area contributed by atoms with Gasteiger partial charge in [0.1, 0.15) is 11.6 Å². The molecular weight excluding hydrogens is 419 g/mol. The molecule has 0 aromatic carbocycles. The van der Waals surface area contributed by atoms with Gasteiger partial charge in [-0.15, -0.1) is 34.2 Å². The first-order valence-electron chi connectivity index (χ1n) is 8.78. The van der Waals surface area contributed by atoms with Crippen molar-refractivity contribution in [2.75, 3.05) is 33.4 Å². The largest absolute Gasteiger partial charge is 0.382 e. The SMILES string of the molecule is CCOCCCNC(=NC)NCCc1nnc2n1CCCCC2.I. The fourth-order valence-electron chi connectivity index (χ4n) is 2.77. The number of ether oxygens (including phenoxy) is 1. The average Bonchev–Trinajstić information content (AvgIpc) is 2.80. The standard InChI is InChI=1S/C16H30N6O.HI/c1-3-23-13-7-10-18-16(17-2)19-11-9-15-21-20-14-8-5-4-6-12-22(14)15;/h3-13H2,1-2H3,(H2,17,18,19);1H. The number of nitrogens with one attached hydrogen (secondary N) is 2. The highest BCUT2D eigenvalue weighted by Crippen LogP contribution is 2.14. The molecule has 8 heteroatoms. The highest BCUT2D eigenvalue weighted by Gasteiger charge is 2.14. The van der Waals surface area contributed by atoms with Gasteiger partial charge in [-0.3, -0.25) is 4.99 Å². The van der Waals surface area contributed by atoms with Crippen molar-refractivity contribution < 1.29 is 4.74 Å². The molecule has 0 unspecified atom stereocenters. The topological polar surface area (TPSA) is 76.4 Å². The molecule has 0 saturated carbocycles. The van der Waals surface area contributed by atoms with Crippen molar-refractivity contribution in [2.45, 2.75) is 52.0 Å². The molecule has 1 aromatic rings. The second-order valence-electron chi connectivity index (χ2n) is 5.72. The van der Waals surface area contributed by atoms with Crippen LogP contribution in [0.25, 0.3) is 0 Å². The Morgan fingerprint density at radius 2 is 2.04 bits per heavy atom. The minimum absolute atomic E-state index is 0. The van der Waals surface area contributed by atoms with E-state index in [1.54, 1.807) is 7.05 Å². The quantitative estimate of drug-likeness (QED) is 0.273. The fourth-order valence-corrected chi connectivity index (χ4v) is 2.77. The van der Waals surface area contributed by atoms with Crippen LogP contribution < -0.4 is 10.6 Å². The van der Waals surface area contributed by atoms with Crippen LogP contribution >= 0.6 is 24.0 Å². The molecule has 1 aromatic heterocycles. The van der Waals surface area contributed by atoms with E-state index in [2.05, 4.69) is 30.4 Å². The van der Waals surface area contributed by atoms with Gasteiger partial charge in [-0.05, 0) is 26.2 Å². The Morgan fingerprint density at radius 3 is 2.83 bits per heavy atom. The first kappa shape index (κ1) is 21.1. The van der Waals surface area contributed by atoms with E-state index in [9.17, 15) is 0 Å². The average molecular weight is 450 g/mol. The molecule has 0 saturated heterocycles. The molecular formula is C16H31IN6O. The lowest BCUT2D eigenvalue weighted by Crippen LogP contribution is -2.39. The van der Waals surface area contributed by atoms with Gasteiger partial charge < -0.3 is 19.9 Å². The van der Waals surface area contributed by atoms with Crippen LogP contribution in [0.5, 0.6) is 0 Å². The van der Waals surface area contributed by atoms with Gasteiger partial charge >= 0.3 is 0 Å². The molecule has 0 radical (unpaired) electrons. The Kier molecular flexibility index (Phi) is 11.0. The zero-order valence-electron chi connectivity index (χ0n) is 14.9. The van der Waals surface area contributed by atoms with Crippen LogP contribution in [-0.2, 0) is 24.1 Å². The highest BCUT2D eigenvalue weighted by molar-refractivity contribution is 14.0. The van der Waals surface area contributed by atoms with Gasteiger partial charge in [0.25, 0.3) is 0 Å². The van der Waals surface area contributed by atoms with E-state index in [0.29, 0.717) is 0 Å². The summed E-state index contributed by atoms with van der Waals surface area (Å²) in [6, 6.07) is 0. The Labute approximate surface area is 162 Å². The second kappa shape index (κ2) is 12.5. The molecule has 0 amide bonds. The maximum absolute atomic E-state index is 5.32. The summed E-state index contributed by atoms with van der Waals surface area (Å²) in [7, 11) is 1.79. The van der Waals surface area contributed by atoms with Crippen molar-refractivity contribution >= 4 is 29.9 Å². The number of rotatable bonds is 8. The van der Waals surface area contributed by atoms with Gasteiger partial charge in [-0.1, -0.05) is 6.42 Å². The molecule has 1 aliphatic heterocycles. The van der Waals surface area contributed by atoms with E-state index >= 15 is 0 Å². The first-order chi connectivity index (χ1) is 11.3. The van der Waals surface area contributed by atoms with Crippen LogP contribution in [0.4, 0.5) is 0 Å². The monoisotopic (exact) mass is 450 g/mol. The van der Waals surface area contributed by atoms with Crippen LogP contribution in [0.3, 0.4) is 0 Å². The van der Waals surface area contributed by atoms with Crippen LogP contribution in [0.15, 0.2) is 4.99 Å². The Morgan fingerprint density at radius 1 is 1.21 bits per heavy atom. The number of nitrogens with zero attached hydrogens (tertiary/aromatic N) is 4. The summed E-state index contributed by atoms with van der Waals surface area (Å²) < 4.78 is 7.62. The molecule has 2 N–H and O–H groups in total. The van der Waals surface area contributed by atoms with E-state index in [-0.39, 0.29) is 24.0 Å². The number of aromatic nitrogens is 3. The Bertz CT molecular complexity index is 491. The highest BCUT2D eigenvalue weighted by atomic mass is 127. The molecule has 0 bridgehead atoms. The van der Waals surface area contributed by atoms with Crippen LogP contribution in [-0.4, -0.2) is 54.1 Å². The lowest BCUT2D eigenvalue weighted by atomic mass is 10.2. The number of fused-ring (bicyclic) bond motifs is 1. The minimum Gasteiger partial charge on any atom is -0.382 e. The molecule has 1 aliphatic rings. The summed E-state index contributed by atoms with van der Waals surface area (Å²) in [6.45, 7) is 6.30. The molecule has 0 aliphatic carbocycles. The third-order valence-electron chi connectivity index (χ3n) is 4.01. The second-order valence-corrected chi connectivity index (χ2v) is 5.72. The first-order valence-corrected chi connectivity index (χ1v) is 8.78. The van der Waals surface area contributed by atoms with E-state index in [4.69, 9.17) is 4.74 Å². The molecule has 0 spiro atoms. The predicted octanol–water partition coefficient (Wildman–Crippen LogP) is 1.76. The number of guanidine groups is 1. The summed E-state index contributed by atoms with van der Waals surface area (Å²) in [5, 5.41) is 15.3. The van der Waals surface area contributed by atoms with Crippen LogP contribution in [0.1, 0.15) is 44.3 Å². The molecule has 24 heavy (non-hydrogen) atoms. The van der Waals surface area contributed by atoms with Crippen LogP contribution in [0.2, 0.25) is 0 Å². The predicted molar refractivity (Wildman–Crippen MR) is 107 cm³/mol. The van der Waals surface area contributed by atoms with Crippen molar-refractivity contribution in [2.24, 2.45) is 4.99 Å². The van der Waals surface area contributed by atoms with Gasteiger partial charge in [0.2, 0.25) is 0 Å². The van der Waals surface area contributed by atoms with E-state index in [1.165, 1.54) is 19.3 Å². The van der Waals surface area contributed by atoms with Crippen molar-refractivity contribution in [1.29, 1.82) is 0 Å². The number of hydrogen-bond donors (Lipinski definition) is 2. The maximum Gasteiger partial charge on any atom is 0.190 e. The third kappa shape index (κ3) is 6.92. The number of aliphatic imine (C=N–C) groups is 1. The maximum atomic E-state index is 5.32. The third-order valence-corrected chi connectivity index (χ3v) is 4.01. The number of halogens is 1.